The average Bonchev–Trinajstić information content (AvgIpc) is 2.39. The van der Waals surface area contributed by atoms with E-state index in [-0.39, 0.29) is 0 Å². The number of hydrogen-bond acceptors (Lipinski definition) is 4. The van der Waals surface area contributed by atoms with Gasteiger partial charge in [-0.1, -0.05) is 6.07 Å². The molecule has 18 heavy (non-hydrogen) atoms. The van der Waals surface area contributed by atoms with E-state index in [0.717, 1.165) is 28.9 Å². The smallest absolute Gasteiger partial charge is 0.101 e. The first kappa shape index (κ1) is 12.4. The number of aliphatic hydroxyl groups excluding tert-OH is 1. The molecule has 0 fully saturated rings. The molecule has 0 bridgehead atoms. The summed E-state index contributed by atoms with van der Waals surface area (Å²) in [6, 6.07) is 5.65. The quantitative estimate of drug-likeness (QED) is 0.617. The molecule has 0 spiro atoms. The maximum absolute atomic E-state index is 10.1. The highest BCUT2D eigenvalue weighted by Crippen LogP contribution is 2.33. The fraction of sp³-hybridized carbons (Fsp3) is 0.286. The maximum atomic E-state index is 10.1. The number of benzene rings is 1. The van der Waals surface area contributed by atoms with E-state index in [0.29, 0.717) is 17.9 Å². The maximum Gasteiger partial charge on any atom is 0.101 e. The number of hydrogen-bond donors (Lipinski definition) is 4. The molecule has 0 amide bonds. The molecule has 1 aromatic carbocycles. The van der Waals surface area contributed by atoms with Crippen LogP contribution in [0, 0.1) is 0 Å². The third kappa shape index (κ3) is 2.27. The van der Waals surface area contributed by atoms with Crippen LogP contribution < -0.4 is 16.4 Å². The summed E-state index contributed by atoms with van der Waals surface area (Å²) in [6.45, 7) is 0. The van der Waals surface area contributed by atoms with Crippen molar-refractivity contribution >= 4 is 16.9 Å². The first-order valence-corrected chi connectivity index (χ1v) is 6.03. The van der Waals surface area contributed by atoms with Gasteiger partial charge in [0.05, 0.1) is 0 Å². The topological polar surface area (TPSA) is 70.3 Å². The fourth-order valence-corrected chi connectivity index (χ4v) is 2.15. The van der Waals surface area contributed by atoms with Gasteiger partial charge in [0.15, 0.2) is 0 Å². The summed E-state index contributed by atoms with van der Waals surface area (Å²) >= 11 is 0. The second-order valence-electron chi connectivity index (χ2n) is 4.33. The molecule has 2 rings (SSSR count). The van der Waals surface area contributed by atoms with Crippen molar-refractivity contribution in [2.24, 2.45) is 0 Å². The Hall–Kier alpha value is -2.10. The molecule has 4 nitrogen and oxygen atoms in total. The SMILES string of the molecule is CNC1=CC(c2ccc(N)cc2NC)=C(O)CC1. The van der Waals surface area contributed by atoms with Crippen molar-refractivity contribution in [3.05, 3.63) is 41.3 Å². The zero-order chi connectivity index (χ0) is 13.1. The van der Waals surface area contributed by atoms with E-state index in [4.69, 9.17) is 5.73 Å². The summed E-state index contributed by atoms with van der Waals surface area (Å²) in [6.07, 6.45) is 3.50. The van der Waals surface area contributed by atoms with E-state index in [1.807, 2.05) is 38.4 Å². The van der Waals surface area contributed by atoms with E-state index < -0.39 is 0 Å². The highest BCUT2D eigenvalue weighted by atomic mass is 16.3. The Morgan fingerprint density at radius 1 is 1.17 bits per heavy atom. The van der Waals surface area contributed by atoms with Crippen molar-refractivity contribution in [3.63, 3.8) is 0 Å². The number of aliphatic hydroxyl groups is 1. The molecule has 0 aliphatic heterocycles. The second-order valence-corrected chi connectivity index (χ2v) is 4.33. The molecule has 1 aliphatic carbocycles. The second kappa shape index (κ2) is 5.04. The van der Waals surface area contributed by atoms with Gasteiger partial charge in [0.25, 0.3) is 0 Å². The summed E-state index contributed by atoms with van der Waals surface area (Å²) in [5, 5.41) is 16.3. The lowest BCUT2D eigenvalue weighted by Gasteiger charge is -2.19. The first-order valence-electron chi connectivity index (χ1n) is 6.03. The van der Waals surface area contributed by atoms with Crippen molar-refractivity contribution in [2.45, 2.75) is 12.8 Å². The van der Waals surface area contributed by atoms with Crippen molar-refractivity contribution in [2.75, 3.05) is 25.1 Å². The van der Waals surface area contributed by atoms with Crippen LogP contribution in [-0.2, 0) is 0 Å². The lowest BCUT2D eigenvalue weighted by molar-refractivity contribution is 0.388. The first-order chi connectivity index (χ1) is 8.65. The van der Waals surface area contributed by atoms with Gasteiger partial charge in [0.1, 0.15) is 5.76 Å². The Morgan fingerprint density at radius 2 is 1.94 bits per heavy atom. The van der Waals surface area contributed by atoms with Crippen molar-refractivity contribution in [3.8, 4) is 0 Å². The van der Waals surface area contributed by atoms with Crippen molar-refractivity contribution in [1.82, 2.24) is 5.32 Å². The molecule has 96 valence electrons. The predicted molar refractivity (Wildman–Crippen MR) is 76.3 cm³/mol. The molecular formula is C14H19N3O. The largest absolute Gasteiger partial charge is 0.512 e. The normalized spacial score (nSPS) is 15.3. The third-order valence-electron chi connectivity index (χ3n) is 3.18. The molecule has 4 heteroatoms. The molecule has 0 unspecified atom stereocenters. The molecule has 0 aromatic heterocycles. The number of rotatable bonds is 3. The highest BCUT2D eigenvalue weighted by molar-refractivity contribution is 5.85. The number of nitrogen functional groups attached to an aromatic ring is 1. The predicted octanol–water partition coefficient (Wildman–Crippen LogP) is 2.48. The molecule has 1 aromatic rings. The van der Waals surface area contributed by atoms with E-state index in [2.05, 4.69) is 10.6 Å². The van der Waals surface area contributed by atoms with Gasteiger partial charge in [-0.3, -0.25) is 0 Å². The molecule has 0 atom stereocenters. The fourth-order valence-electron chi connectivity index (χ4n) is 2.15. The monoisotopic (exact) mass is 245 g/mol. The molecule has 0 heterocycles. The van der Waals surface area contributed by atoms with Gasteiger partial charge in [-0.2, -0.15) is 0 Å². The summed E-state index contributed by atoms with van der Waals surface area (Å²) in [4.78, 5) is 0. The average molecular weight is 245 g/mol. The van der Waals surface area contributed by atoms with Gasteiger partial charge in [-0.15, -0.1) is 0 Å². The van der Waals surface area contributed by atoms with Crippen LogP contribution in [0.4, 0.5) is 11.4 Å². The van der Waals surface area contributed by atoms with Crippen molar-refractivity contribution < 1.29 is 5.11 Å². The van der Waals surface area contributed by atoms with Crippen LogP contribution in [0.25, 0.3) is 5.57 Å². The summed E-state index contributed by atoms with van der Waals surface area (Å²) in [7, 11) is 3.75. The Morgan fingerprint density at radius 3 is 2.61 bits per heavy atom. The van der Waals surface area contributed by atoms with Crippen molar-refractivity contribution in [1.29, 1.82) is 0 Å². The number of allylic oxidation sites excluding steroid dienone is 4. The van der Waals surface area contributed by atoms with Gasteiger partial charge >= 0.3 is 0 Å². The Kier molecular flexibility index (Phi) is 3.46. The van der Waals surface area contributed by atoms with Crippen LogP contribution in [0.3, 0.4) is 0 Å². The summed E-state index contributed by atoms with van der Waals surface area (Å²) in [5.41, 5.74) is 10.4. The lowest BCUT2D eigenvalue weighted by atomic mass is 9.94. The molecule has 0 radical (unpaired) electrons. The zero-order valence-electron chi connectivity index (χ0n) is 10.7. The molecular weight excluding hydrogens is 226 g/mol. The van der Waals surface area contributed by atoms with Gasteiger partial charge in [-0.25, -0.2) is 0 Å². The van der Waals surface area contributed by atoms with E-state index in [9.17, 15) is 5.11 Å². The Bertz CT molecular complexity index is 518. The number of nitrogens with two attached hydrogens (primary N) is 1. The minimum Gasteiger partial charge on any atom is -0.512 e. The Labute approximate surface area is 107 Å². The lowest BCUT2D eigenvalue weighted by Crippen LogP contribution is -2.11. The van der Waals surface area contributed by atoms with Crippen LogP contribution in [0.5, 0.6) is 0 Å². The van der Waals surface area contributed by atoms with Crippen LogP contribution in [0.15, 0.2) is 35.7 Å². The zero-order valence-corrected chi connectivity index (χ0v) is 10.7. The summed E-state index contributed by atoms with van der Waals surface area (Å²) < 4.78 is 0. The molecule has 5 N–H and O–H groups in total. The van der Waals surface area contributed by atoms with Crippen LogP contribution in [0.2, 0.25) is 0 Å². The van der Waals surface area contributed by atoms with Gasteiger partial charge in [0.2, 0.25) is 0 Å². The van der Waals surface area contributed by atoms with E-state index in [1.165, 1.54) is 0 Å². The van der Waals surface area contributed by atoms with Crippen LogP contribution in [0.1, 0.15) is 18.4 Å². The molecule has 0 saturated heterocycles. The van der Waals surface area contributed by atoms with Gasteiger partial charge in [0, 0.05) is 48.7 Å². The summed E-state index contributed by atoms with van der Waals surface area (Å²) in [5.74, 6) is 0.426. The third-order valence-corrected chi connectivity index (χ3v) is 3.18. The Balaban J connectivity index is 2.51. The minimum atomic E-state index is 0.426. The standard InChI is InChI=1S/C14H19N3O/c1-16-10-4-6-14(18)12(8-10)11-5-3-9(15)7-13(11)17-2/h3,5,7-8,16-18H,4,6,15H2,1-2H3. The number of nitrogens with one attached hydrogen (secondary N) is 2. The highest BCUT2D eigenvalue weighted by Gasteiger charge is 2.16. The van der Waals surface area contributed by atoms with E-state index >= 15 is 0 Å². The molecule has 0 saturated carbocycles. The number of anilines is 2. The van der Waals surface area contributed by atoms with Gasteiger partial charge in [-0.05, 0) is 24.6 Å². The van der Waals surface area contributed by atoms with Gasteiger partial charge < -0.3 is 21.5 Å². The minimum absolute atomic E-state index is 0.426. The van der Waals surface area contributed by atoms with E-state index in [1.54, 1.807) is 0 Å². The van der Waals surface area contributed by atoms with Crippen LogP contribution in [-0.4, -0.2) is 19.2 Å². The van der Waals surface area contributed by atoms with Crippen LogP contribution >= 0.6 is 0 Å². The molecule has 1 aliphatic rings.